The number of halogens is 4. The molecule has 10 heteroatoms. The lowest BCUT2D eigenvalue weighted by Gasteiger charge is -2.10. The van der Waals surface area contributed by atoms with Gasteiger partial charge in [-0.1, -0.05) is 26.7 Å². The second kappa shape index (κ2) is 15.8. The number of pyridine rings is 2. The Morgan fingerprint density at radius 3 is 1.03 bits per heavy atom. The van der Waals surface area contributed by atoms with E-state index in [1.54, 1.807) is 0 Å². The first-order valence-electron chi connectivity index (χ1n) is 10.8. The van der Waals surface area contributed by atoms with Crippen LogP contribution >= 0.6 is 0 Å². The summed E-state index contributed by atoms with van der Waals surface area (Å²) in [4.78, 5) is 0. The fourth-order valence-electron chi connectivity index (χ4n) is 3.52. The lowest BCUT2D eigenvalue weighted by atomic mass is 10.0. The summed E-state index contributed by atoms with van der Waals surface area (Å²) in [5, 5.41) is 16.4. The first kappa shape index (κ1) is 30.1. The molecule has 2 aromatic rings. The minimum atomic E-state index is -3.42. The van der Waals surface area contributed by atoms with Gasteiger partial charge in [0.2, 0.25) is 0 Å². The van der Waals surface area contributed by atoms with Crippen LogP contribution in [0.3, 0.4) is 0 Å². The molecule has 0 aliphatic rings. The molecule has 0 aliphatic carbocycles. The molecule has 0 spiro atoms. The van der Waals surface area contributed by atoms with Crippen molar-refractivity contribution in [3.05, 3.63) is 47.0 Å². The molecule has 0 aliphatic heterocycles. The summed E-state index contributed by atoms with van der Waals surface area (Å²) in [6, 6.07) is 9.36. The van der Waals surface area contributed by atoms with Crippen LogP contribution in [0.2, 0.25) is 0 Å². The van der Waals surface area contributed by atoms with Crippen molar-refractivity contribution < 1.29 is 36.4 Å². The monoisotopic (exact) mass is 456 g/mol. The van der Waals surface area contributed by atoms with Gasteiger partial charge in [-0.3, -0.25) is 0 Å². The summed E-state index contributed by atoms with van der Waals surface area (Å²) in [5.41, 5.74) is 8.11. The highest BCUT2D eigenvalue weighted by Crippen LogP contribution is 2.21. The van der Waals surface area contributed by atoms with Crippen LogP contribution in [0.15, 0.2) is 24.3 Å². The van der Waals surface area contributed by atoms with Gasteiger partial charge in [-0.2, -0.15) is 0 Å². The van der Waals surface area contributed by atoms with Crippen molar-refractivity contribution >= 4 is 14.9 Å². The zero-order chi connectivity index (χ0) is 24.8. The second-order valence-electron chi connectivity index (χ2n) is 7.59. The minimum absolute atomic E-state index is 1.12. The Hall–Kier alpha value is -1.93. The molecule has 2 rings (SSSR count). The predicted octanol–water partition coefficient (Wildman–Crippen LogP) is 3.30. The summed E-state index contributed by atoms with van der Waals surface area (Å²) >= 11 is 0. The molecule has 178 valence electrons. The molecule has 0 radical (unpaired) electrons. The Labute approximate surface area is 190 Å². The molecule has 0 unspecified atom stereocenters. The van der Waals surface area contributed by atoms with Crippen LogP contribution in [0.4, 0.5) is 17.3 Å². The van der Waals surface area contributed by atoms with Crippen LogP contribution in [0.1, 0.15) is 62.3 Å². The van der Waals surface area contributed by atoms with E-state index in [4.69, 9.17) is 10.0 Å². The summed E-state index contributed by atoms with van der Waals surface area (Å²) in [7, 11) is -6.83. The van der Waals surface area contributed by atoms with E-state index in [0.717, 1.165) is 13.1 Å². The molecule has 0 aromatic carbocycles. The molecule has 0 fully saturated rings. The smallest absolute Gasteiger partial charge is 0.447 e. The van der Waals surface area contributed by atoms with Crippen molar-refractivity contribution in [2.75, 3.05) is 0 Å². The molecule has 0 bridgehead atoms. The molecule has 2 aromatic heterocycles. The van der Waals surface area contributed by atoms with Crippen LogP contribution in [-0.4, -0.2) is 14.9 Å². The Bertz CT molecular complexity index is 705. The maximum Gasteiger partial charge on any atom is 0.447 e. The Morgan fingerprint density at radius 2 is 0.844 bits per heavy atom. The van der Waals surface area contributed by atoms with Crippen LogP contribution < -0.4 is 19.2 Å². The van der Waals surface area contributed by atoms with Gasteiger partial charge >= 0.3 is 14.9 Å². The predicted molar refractivity (Wildman–Crippen MR) is 117 cm³/mol. The topological polar surface area (TPSA) is 53.9 Å². The van der Waals surface area contributed by atoms with E-state index < -0.39 is 14.9 Å². The highest BCUT2D eigenvalue weighted by molar-refractivity contribution is 6.30. The van der Waals surface area contributed by atoms with E-state index in [1.807, 2.05) is 0 Å². The number of aryl methyl sites for hydroxylation is 4. The number of unbranched alkanes of at least 4 members (excludes halogenated alkanes) is 2. The van der Waals surface area contributed by atoms with Crippen molar-refractivity contribution in [2.45, 2.75) is 80.3 Å². The number of hydrogen-bond donors (Lipinski definition) is 0. The van der Waals surface area contributed by atoms with E-state index in [-0.39, 0.29) is 0 Å². The fraction of sp³-hybridized carbons (Fsp3) is 0.545. The average molecular weight is 456 g/mol. The fourth-order valence-corrected chi connectivity index (χ4v) is 3.52. The minimum Gasteiger partial charge on any atom is -0.824 e. The molecule has 32 heavy (non-hydrogen) atoms. The van der Waals surface area contributed by atoms with E-state index in [0.29, 0.717) is 0 Å². The maximum atomic E-state index is 9.78. The first-order chi connectivity index (χ1) is 14.9. The molecule has 0 N–H and O–H groups in total. The van der Waals surface area contributed by atoms with Gasteiger partial charge in [-0.05, 0) is 11.1 Å². The number of hydrogen-bond acceptors (Lipinski definition) is 2. The number of nitrogens with zero attached hydrogens (tertiary/aromatic N) is 2. The molecule has 2 heterocycles. The quantitative estimate of drug-likeness (QED) is 0.365. The van der Waals surface area contributed by atoms with Crippen molar-refractivity contribution in [1.82, 2.24) is 0 Å². The SMILES string of the molecule is CCCC[n+]1c(C)cc(-c2cc(C)[n+](CCCC)c(C)c2)cc1C.[O-]B(F)F.[O-]B(F)F. The highest BCUT2D eigenvalue weighted by atomic mass is 19.2. The zero-order valence-electron chi connectivity index (χ0n) is 19.9. The molecule has 0 atom stereocenters. The summed E-state index contributed by atoms with van der Waals surface area (Å²) in [6.45, 7) is 15.7. The van der Waals surface area contributed by atoms with Gasteiger partial charge in [-0.25, -0.2) is 9.13 Å². The Kier molecular flexibility index (Phi) is 14.9. The highest BCUT2D eigenvalue weighted by Gasteiger charge is 2.17. The molecule has 0 saturated heterocycles. The van der Waals surface area contributed by atoms with Crippen molar-refractivity contribution in [1.29, 1.82) is 0 Å². The van der Waals surface area contributed by atoms with Crippen molar-refractivity contribution in [3.63, 3.8) is 0 Å². The van der Waals surface area contributed by atoms with Gasteiger partial charge in [0.05, 0.1) is 0 Å². The summed E-state index contributed by atoms with van der Waals surface area (Å²) in [6.07, 6.45) is 4.96. The molecular weight excluding hydrogens is 422 g/mol. The van der Waals surface area contributed by atoms with Crippen molar-refractivity contribution in [2.24, 2.45) is 0 Å². The molecular formula is C22H34B2F4N2O2. The summed E-state index contributed by atoms with van der Waals surface area (Å²) < 4.78 is 44.0. The lowest BCUT2D eigenvalue weighted by molar-refractivity contribution is -0.709. The van der Waals surface area contributed by atoms with E-state index in [9.17, 15) is 17.3 Å². The van der Waals surface area contributed by atoms with Crippen molar-refractivity contribution in [3.8, 4) is 11.1 Å². The summed E-state index contributed by atoms with van der Waals surface area (Å²) in [5.74, 6) is 0. The normalized spacial score (nSPS) is 10.0. The van der Waals surface area contributed by atoms with Gasteiger partial charge in [0.1, 0.15) is 13.1 Å². The molecule has 0 saturated carbocycles. The standard InChI is InChI=1S/C22H34N2.2BF2O/c1-7-9-11-23-17(3)13-21(14-18(23)4)22-15-19(5)24(12-10-8-2)20(6)16-22;2*2-1(3)4/h13-16H,7-12H2,1-6H3;;/q+2;2*-1. The largest absolute Gasteiger partial charge is 0.824 e. The Morgan fingerprint density at radius 1 is 0.625 bits per heavy atom. The van der Waals surface area contributed by atoms with E-state index >= 15 is 0 Å². The third-order valence-corrected chi connectivity index (χ3v) is 4.96. The van der Waals surface area contributed by atoms with E-state index in [1.165, 1.54) is 59.6 Å². The van der Waals surface area contributed by atoms with Gasteiger partial charge in [0, 0.05) is 64.8 Å². The van der Waals surface area contributed by atoms with Crippen LogP contribution in [0, 0.1) is 27.7 Å². The second-order valence-corrected chi connectivity index (χ2v) is 7.59. The van der Waals surface area contributed by atoms with Gasteiger partial charge in [0.25, 0.3) is 0 Å². The molecule has 0 amide bonds. The van der Waals surface area contributed by atoms with Crippen LogP contribution in [-0.2, 0) is 13.1 Å². The average Bonchev–Trinajstić information content (AvgIpc) is 2.65. The maximum absolute atomic E-state index is 9.78. The molecule has 4 nitrogen and oxygen atoms in total. The van der Waals surface area contributed by atoms with Gasteiger partial charge in [0.15, 0.2) is 22.8 Å². The van der Waals surface area contributed by atoms with E-state index in [2.05, 4.69) is 74.9 Å². The van der Waals surface area contributed by atoms with Crippen LogP contribution in [0.5, 0.6) is 0 Å². The van der Waals surface area contributed by atoms with Crippen LogP contribution in [0.25, 0.3) is 11.1 Å². The van der Waals surface area contributed by atoms with Gasteiger partial charge < -0.3 is 27.3 Å². The van der Waals surface area contributed by atoms with Gasteiger partial charge in [-0.15, -0.1) is 0 Å². The number of rotatable bonds is 7. The first-order valence-corrected chi connectivity index (χ1v) is 10.8. The third kappa shape index (κ3) is 11.6. The number of aromatic nitrogens is 2. The Balaban J connectivity index is 0.00000104. The third-order valence-electron chi connectivity index (χ3n) is 4.96. The zero-order valence-corrected chi connectivity index (χ0v) is 19.9. The lowest BCUT2D eigenvalue weighted by Crippen LogP contribution is -2.41.